The van der Waals surface area contributed by atoms with Crippen molar-refractivity contribution in [3.05, 3.63) is 52.6 Å². The molecule has 2 heterocycles. The minimum atomic E-state index is -0.410. The van der Waals surface area contributed by atoms with Crippen molar-refractivity contribution in [2.45, 2.75) is 65.2 Å². The van der Waals surface area contributed by atoms with Gasteiger partial charge >= 0.3 is 5.97 Å². The minimum Gasteiger partial charge on any atom is -0.493 e. The van der Waals surface area contributed by atoms with E-state index in [0.717, 1.165) is 36.3 Å². The lowest BCUT2D eigenvalue weighted by Gasteiger charge is -2.33. The van der Waals surface area contributed by atoms with Crippen molar-refractivity contribution >= 4 is 5.97 Å². The van der Waals surface area contributed by atoms with Gasteiger partial charge in [-0.25, -0.2) is 4.98 Å². The zero-order valence-electron chi connectivity index (χ0n) is 18.5. The van der Waals surface area contributed by atoms with Gasteiger partial charge in [-0.15, -0.1) is 0 Å². The van der Waals surface area contributed by atoms with Crippen LogP contribution in [0.15, 0.2) is 24.5 Å². The van der Waals surface area contributed by atoms with E-state index in [2.05, 4.69) is 47.8 Å². The van der Waals surface area contributed by atoms with E-state index in [1.165, 1.54) is 5.56 Å². The quantitative estimate of drug-likeness (QED) is 0.532. The van der Waals surface area contributed by atoms with E-state index >= 15 is 0 Å². The zero-order valence-corrected chi connectivity index (χ0v) is 18.5. The summed E-state index contributed by atoms with van der Waals surface area (Å²) in [5.41, 5.74) is 4.43. The Hall–Kier alpha value is -2.87. The fourth-order valence-electron chi connectivity index (χ4n) is 3.67. The van der Waals surface area contributed by atoms with Crippen LogP contribution in [0.1, 0.15) is 81.0 Å². The number of carbonyl (C=O) groups excluding carboxylic acids is 1. The molecule has 0 saturated heterocycles. The molecule has 0 bridgehead atoms. The molecule has 1 unspecified atom stereocenters. The Kier molecular flexibility index (Phi) is 6.77. The van der Waals surface area contributed by atoms with Gasteiger partial charge in [0.1, 0.15) is 17.4 Å². The van der Waals surface area contributed by atoms with Gasteiger partial charge in [0, 0.05) is 17.3 Å². The zero-order chi connectivity index (χ0) is 21.7. The minimum absolute atomic E-state index is 0.0600. The maximum atomic E-state index is 12.3. The summed E-state index contributed by atoms with van der Waals surface area (Å²) < 4.78 is 11.1. The molecule has 1 aromatic heterocycles. The Morgan fingerprint density at radius 2 is 2.07 bits per heavy atom. The summed E-state index contributed by atoms with van der Waals surface area (Å²) in [5, 5.41) is 0. The normalized spacial score (nSPS) is 15.2. The van der Waals surface area contributed by atoms with E-state index in [4.69, 9.17) is 9.47 Å². The molecule has 1 aromatic carbocycles. The Morgan fingerprint density at radius 1 is 1.27 bits per heavy atom. The molecule has 0 aliphatic carbocycles. The van der Waals surface area contributed by atoms with Gasteiger partial charge in [0.05, 0.1) is 25.1 Å². The number of esters is 1. The average molecular weight is 407 g/mol. The number of ether oxygens (including phenoxy) is 2. The molecule has 1 atom stereocenters. The van der Waals surface area contributed by atoms with Crippen LogP contribution in [0.3, 0.4) is 0 Å². The highest BCUT2D eigenvalue weighted by molar-refractivity contribution is 5.77. The highest BCUT2D eigenvalue weighted by Crippen LogP contribution is 2.39. The van der Waals surface area contributed by atoms with E-state index in [9.17, 15) is 4.79 Å². The molecule has 158 valence electrons. The molecule has 0 fully saturated rings. The molecule has 1 aliphatic rings. The summed E-state index contributed by atoms with van der Waals surface area (Å²) in [7, 11) is 0. The summed E-state index contributed by atoms with van der Waals surface area (Å²) in [4.78, 5) is 21.2. The van der Waals surface area contributed by atoms with Gasteiger partial charge in [0.2, 0.25) is 0 Å². The molecule has 3 rings (SSSR count). The van der Waals surface area contributed by atoms with Crippen molar-refractivity contribution in [1.82, 2.24) is 9.97 Å². The summed E-state index contributed by atoms with van der Waals surface area (Å²) >= 11 is 0. The first kappa shape index (κ1) is 21.8. The van der Waals surface area contributed by atoms with Crippen molar-refractivity contribution in [1.29, 1.82) is 0 Å². The number of rotatable bonds is 5. The standard InChI is InChI=1S/C25H30N2O3/c1-6-8-20(24(28)29-7-2)22-16-26-15-19(27-22)10-9-18-14-21-23(13-17(18)3)30-12-11-25(21,4)5/h13-16,20H,6-8,11-12H2,1-5H3. The third-order valence-electron chi connectivity index (χ3n) is 5.52. The number of carbonyl (C=O) groups is 1. The predicted molar refractivity (Wildman–Crippen MR) is 117 cm³/mol. The topological polar surface area (TPSA) is 61.3 Å². The maximum Gasteiger partial charge on any atom is 0.315 e. The van der Waals surface area contributed by atoms with Crippen molar-refractivity contribution in [2.75, 3.05) is 13.2 Å². The first-order chi connectivity index (χ1) is 14.4. The largest absolute Gasteiger partial charge is 0.493 e. The van der Waals surface area contributed by atoms with Crippen LogP contribution in [0, 0.1) is 18.8 Å². The Bertz CT molecular complexity index is 986. The molecular weight excluding hydrogens is 376 g/mol. The summed E-state index contributed by atoms with van der Waals surface area (Å²) in [6, 6.07) is 4.20. The summed E-state index contributed by atoms with van der Waals surface area (Å²) in [5.74, 6) is 6.66. The van der Waals surface area contributed by atoms with Crippen LogP contribution >= 0.6 is 0 Å². The van der Waals surface area contributed by atoms with E-state index in [1.807, 2.05) is 20.8 Å². The first-order valence-corrected chi connectivity index (χ1v) is 10.6. The molecule has 5 heteroatoms. The summed E-state index contributed by atoms with van der Waals surface area (Å²) in [6.45, 7) is 11.4. The van der Waals surface area contributed by atoms with Gasteiger partial charge in [-0.05, 0) is 55.7 Å². The Labute approximate surface area is 179 Å². The molecule has 0 N–H and O–H groups in total. The SMILES string of the molecule is CCCC(C(=O)OCC)c1cncc(C#Cc2cc3c(cc2C)OCCC3(C)C)n1. The van der Waals surface area contributed by atoms with Gasteiger partial charge in [-0.3, -0.25) is 9.78 Å². The van der Waals surface area contributed by atoms with Gasteiger partial charge in [-0.1, -0.05) is 33.1 Å². The fourth-order valence-corrected chi connectivity index (χ4v) is 3.67. The van der Waals surface area contributed by atoms with Gasteiger partial charge in [0.25, 0.3) is 0 Å². The number of benzene rings is 1. The summed E-state index contributed by atoms with van der Waals surface area (Å²) in [6.07, 6.45) is 5.77. The number of nitrogens with zero attached hydrogens (tertiary/aromatic N) is 2. The smallest absolute Gasteiger partial charge is 0.315 e. The van der Waals surface area contributed by atoms with E-state index in [0.29, 0.717) is 24.4 Å². The number of aromatic nitrogens is 2. The van der Waals surface area contributed by atoms with Crippen LogP contribution in [0.2, 0.25) is 0 Å². The van der Waals surface area contributed by atoms with Crippen molar-refractivity contribution in [3.8, 4) is 17.6 Å². The highest BCUT2D eigenvalue weighted by atomic mass is 16.5. The predicted octanol–water partition coefficient (Wildman–Crippen LogP) is 4.69. The third kappa shape index (κ3) is 4.81. The fraction of sp³-hybridized carbons (Fsp3) is 0.480. The van der Waals surface area contributed by atoms with Gasteiger partial charge in [-0.2, -0.15) is 0 Å². The molecule has 30 heavy (non-hydrogen) atoms. The Morgan fingerprint density at radius 3 is 2.80 bits per heavy atom. The highest BCUT2D eigenvalue weighted by Gasteiger charge is 2.29. The lowest BCUT2D eigenvalue weighted by atomic mass is 9.78. The first-order valence-electron chi connectivity index (χ1n) is 10.6. The van der Waals surface area contributed by atoms with Crippen LogP contribution in [-0.2, 0) is 14.9 Å². The lowest BCUT2D eigenvalue weighted by molar-refractivity contribution is -0.145. The second-order valence-corrected chi connectivity index (χ2v) is 8.32. The van der Waals surface area contributed by atoms with Crippen molar-refractivity contribution in [2.24, 2.45) is 0 Å². The van der Waals surface area contributed by atoms with Crippen LogP contribution in [0.25, 0.3) is 0 Å². The van der Waals surface area contributed by atoms with Gasteiger partial charge in [0.15, 0.2) is 0 Å². The van der Waals surface area contributed by atoms with Crippen LogP contribution < -0.4 is 4.74 Å². The second-order valence-electron chi connectivity index (χ2n) is 8.32. The van der Waals surface area contributed by atoms with Crippen LogP contribution in [0.4, 0.5) is 0 Å². The van der Waals surface area contributed by atoms with E-state index < -0.39 is 5.92 Å². The molecule has 5 nitrogen and oxygen atoms in total. The molecule has 1 aliphatic heterocycles. The third-order valence-corrected chi connectivity index (χ3v) is 5.52. The number of fused-ring (bicyclic) bond motifs is 1. The molecular formula is C25H30N2O3. The van der Waals surface area contributed by atoms with Crippen LogP contribution in [0.5, 0.6) is 5.75 Å². The number of aryl methyl sites for hydroxylation is 1. The number of hydrogen-bond acceptors (Lipinski definition) is 5. The monoisotopic (exact) mass is 406 g/mol. The van der Waals surface area contributed by atoms with Crippen molar-refractivity contribution < 1.29 is 14.3 Å². The molecule has 0 spiro atoms. The van der Waals surface area contributed by atoms with Gasteiger partial charge < -0.3 is 9.47 Å². The Balaban J connectivity index is 1.92. The lowest BCUT2D eigenvalue weighted by Crippen LogP contribution is -2.26. The van der Waals surface area contributed by atoms with E-state index in [-0.39, 0.29) is 11.4 Å². The molecule has 0 radical (unpaired) electrons. The average Bonchev–Trinajstić information content (AvgIpc) is 2.71. The molecule has 2 aromatic rings. The van der Waals surface area contributed by atoms with Crippen LogP contribution in [-0.4, -0.2) is 29.2 Å². The molecule has 0 amide bonds. The molecule has 0 saturated carbocycles. The number of hydrogen-bond donors (Lipinski definition) is 0. The maximum absolute atomic E-state index is 12.3. The second kappa shape index (κ2) is 9.30. The van der Waals surface area contributed by atoms with Crippen molar-refractivity contribution in [3.63, 3.8) is 0 Å². The van der Waals surface area contributed by atoms with E-state index in [1.54, 1.807) is 12.4 Å².